The van der Waals surface area contributed by atoms with Gasteiger partial charge in [0.1, 0.15) is 5.82 Å². The average molecular weight is 420 g/mol. The molecule has 1 atom stereocenters. The number of carbonyl (C=O) groups is 2. The normalized spacial score (nSPS) is 12.0. The number of para-hydroxylation sites is 1. The third-order valence-electron chi connectivity index (χ3n) is 3.75. The van der Waals surface area contributed by atoms with Gasteiger partial charge in [0, 0.05) is 21.8 Å². The van der Waals surface area contributed by atoms with Gasteiger partial charge in [0.15, 0.2) is 6.10 Å². The SMILES string of the molecule is Cc1cccc(C)c1NC(=O)C(C)OC(=O)/C=C/c1cc(Br)ccc1F. The van der Waals surface area contributed by atoms with E-state index in [1.54, 1.807) is 6.07 Å². The zero-order chi connectivity index (χ0) is 19.3. The van der Waals surface area contributed by atoms with Crippen LogP contribution in [0.5, 0.6) is 0 Å². The predicted molar refractivity (Wildman–Crippen MR) is 103 cm³/mol. The zero-order valence-corrected chi connectivity index (χ0v) is 16.3. The Morgan fingerprint density at radius 3 is 2.50 bits per heavy atom. The molecule has 2 rings (SSSR count). The van der Waals surface area contributed by atoms with Crippen LogP contribution < -0.4 is 5.32 Å². The van der Waals surface area contributed by atoms with Crippen LogP contribution in [0.2, 0.25) is 0 Å². The van der Waals surface area contributed by atoms with Gasteiger partial charge in [-0.3, -0.25) is 4.79 Å². The van der Waals surface area contributed by atoms with Crippen molar-refractivity contribution < 1.29 is 18.7 Å². The summed E-state index contributed by atoms with van der Waals surface area (Å²) in [6.07, 6.45) is 1.41. The number of ether oxygens (including phenoxy) is 1. The van der Waals surface area contributed by atoms with Crippen molar-refractivity contribution in [2.75, 3.05) is 5.32 Å². The summed E-state index contributed by atoms with van der Waals surface area (Å²) >= 11 is 3.24. The molecule has 0 aromatic heterocycles. The quantitative estimate of drug-likeness (QED) is 0.559. The van der Waals surface area contributed by atoms with Crippen LogP contribution in [0.1, 0.15) is 23.6 Å². The van der Waals surface area contributed by atoms with Gasteiger partial charge in [-0.2, -0.15) is 0 Å². The highest BCUT2D eigenvalue weighted by Crippen LogP contribution is 2.20. The highest BCUT2D eigenvalue weighted by atomic mass is 79.9. The first kappa shape index (κ1) is 19.8. The number of benzene rings is 2. The van der Waals surface area contributed by atoms with E-state index in [0.717, 1.165) is 17.2 Å². The van der Waals surface area contributed by atoms with E-state index in [-0.39, 0.29) is 5.56 Å². The molecule has 0 aliphatic carbocycles. The summed E-state index contributed by atoms with van der Waals surface area (Å²) in [5, 5.41) is 2.77. The Bertz CT molecular complexity index is 844. The first-order chi connectivity index (χ1) is 12.3. The number of amides is 1. The number of halogens is 2. The second kappa shape index (κ2) is 8.76. The van der Waals surface area contributed by atoms with Crippen LogP contribution in [0.15, 0.2) is 46.9 Å². The lowest BCUT2D eigenvalue weighted by Gasteiger charge is -2.15. The molecule has 1 unspecified atom stereocenters. The molecule has 2 aromatic rings. The largest absolute Gasteiger partial charge is 0.449 e. The van der Waals surface area contributed by atoms with Crippen LogP contribution >= 0.6 is 15.9 Å². The van der Waals surface area contributed by atoms with E-state index in [1.165, 1.54) is 25.1 Å². The molecule has 0 heterocycles. The van der Waals surface area contributed by atoms with E-state index in [9.17, 15) is 14.0 Å². The van der Waals surface area contributed by atoms with Crippen LogP contribution in [0.4, 0.5) is 10.1 Å². The number of anilines is 1. The van der Waals surface area contributed by atoms with Gasteiger partial charge in [-0.05, 0) is 56.2 Å². The summed E-state index contributed by atoms with van der Waals surface area (Å²) < 4.78 is 19.4. The van der Waals surface area contributed by atoms with E-state index in [0.29, 0.717) is 10.2 Å². The lowest BCUT2D eigenvalue weighted by Crippen LogP contribution is -2.30. The molecule has 1 N–H and O–H groups in total. The Hall–Kier alpha value is -2.47. The van der Waals surface area contributed by atoms with Crippen molar-refractivity contribution in [1.29, 1.82) is 0 Å². The molecule has 26 heavy (non-hydrogen) atoms. The van der Waals surface area contributed by atoms with E-state index < -0.39 is 23.8 Å². The van der Waals surface area contributed by atoms with Crippen LogP contribution in [0, 0.1) is 19.7 Å². The molecule has 0 fully saturated rings. The van der Waals surface area contributed by atoms with Gasteiger partial charge in [0.05, 0.1) is 0 Å². The maximum absolute atomic E-state index is 13.6. The zero-order valence-electron chi connectivity index (χ0n) is 14.7. The van der Waals surface area contributed by atoms with E-state index in [4.69, 9.17) is 4.74 Å². The number of hydrogen-bond donors (Lipinski definition) is 1. The Morgan fingerprint density at radius 2 is 1.85 bits per heavy atom. The van der Waals surface area contributed by atoms with Gasteiger partial charge in [-0.25, -0.2) is 9.18 Å². The number of carbonyl (C=O) groups excluding carboxylic acids is 2. The summed E-state index contributed by atoms with van der Waals surface area (Å²) in [6, 6.07) is 10.1. The summed E-state index contributed by atoms with van der Waals surface area (Å²) in [7, 11) is 0. The highest BCUT2D eigenvalue weighted by molar-refractivity contribution is 9.10. The number of nitrogens with one attached hydrogen (secondary N) is 1. The molecular formula is C20H19BrFNO3. The van der Waals surface area contributed by atoms with Crippen LogP contribution in [0.3, 0.4) is 0 Å². The van der Waals surface area contributed by atoms with E-state index >= 15 is 0 Å². The second-order valence-corrected chi connectivity index (χ2v) is 6.75. The number of esters is 1. The van der Waals surface area contributed by atoms with Crippen molar-refractivity contribution in [1.82, 2.24) is 0 Å². The van der Waals surface area contributed by atoms with Crippen LogP contribution in [-0.2, 0) is 14.3 Å². The third kappa shape index (κ3) is 5.26. The fourth-order valence-electron chi connectivity index (χ4n) is 2.30. The Morgan fingerprint density at radius 1 is 1.19 bits per heavy atom. The summed E-state index contributed by atoms with van der Waals surface area (Å²) in [5.41, 5.74) is 2.78. The number of hydrogen-bond acceptors (Lipinski definition) is 3. The van der Waals surface area contributed by atoms with Crippen LogP contribution in [-0.4, -0.2) is 18.0 Å². The van der Waals surface area contributed by atoms with Crippen LogP contribution in [0.25, 0.3) is 6.08 Å². The Balaban J connectivity index is 1.99. The van der Waals surface area contributed by atoms with Crippen molar-refractivity contribution in [2.24, 2.45) is 0 Å². The van der Waals surface area contributed by atoms with Crippen molar-refractivity contribution in [3.63, 3.8) is 0 Å². The maximum atomic E-state index is 13.6. The molecule has 136 valence electrons. The topological polar surface area (TPSA) is 55.4 Å². The molecule has 0 aliphatic heterocycles. The Kier molecular flexibility index (Phi) is 6.69. The lowest BCUT2D eigenvalue weighted by molar-refractivity contribution is -0.148. The first-order valence-corrected chi connectivity index (χ1v) is 8.78. The average Bonchev–Trinajstić information content (AvgIpc) is 2.58. The van der Waals surface area contributed by atoms with Gasteiger partial charge < -0.3 is 10.1 Å². The second-order valence-electron chi connectivity index (χ2n) is 5.83. The fraction of sp³-hybridized carbons (Fsp3) is 0.200. The molecule has 0 saturated heterocycles. The summed E-state index contributed by atoms with van der Waals surface area (Å²) in [6.45, 7) is 5.25. The van der Waals surface area contributed by atoms with Gasteiger partial charge in [-0.1, -0.05) is 34.1 Å². The lowest BCUT2D eigenvalue weighted by atomic mass is 10.1. The van der Waals surface area contributed by atoms with Gasteiger partial charge in [0.2, 0.25) is 0 Å². The highest BCUT2D eigenvalue weighted by Gasteiger charge is 2.18. The minimum Gasteiger partial charge on any atom is -0.449 e. The van der Waals surface area contributed by atoms with E-state index in [1.807, 2.05) is 32.0 Å². The molecule has 6 heteroatoms. The van der Waals surface area contributed by atoms with Gasteiger partial charge in [-0.15, -0.1) is 0 Å². The smallest absolute Gasteiger partial charge is 0.331 e. The minimum absolute atomic E-state index is 0.240. The molecule has 4 nitrogen and oxygen atoms in total. The van der Waals surface area contributed by atoms with E-state index in [2.05, 4.69) is 21.2 Å². The monoisotopic (exact) mass is 419 g/mol. The summed E-state index contributed by atoms with van der Waals surface area (Å²) in [5.74, 6) is -1.62. The molecule has 0 aliphatic rings. The van der Waals surface area contributed by atoms with Gasteiger partial charge >= 0.3 is 5.97 Å². The minimum atomic E-state index is -0.987. The first-order valence-electron chi connectivity index (χ1n) is 7.98. The molecule has 2 aromatic carbocycles. The molecule has 0 saturated carbocycles. The molecule has 0 radical (unpaired) electrons. The van der Waals surface area contributed by atoms with Crippen molar-refractivity contribution in [2.45, 2.75) is 26.9 Å². The fourth-order valence-corrected chi connectivity index (χ4v) is 2.68. The Labute approximate surface area is 160 Å². The number of rotatable bonds is 5. The third-order valence-corrected chi connectivity index (χ3v) is 4.24. The predicted octanol–water partition coefficient (Wildman–Crippen LogP) is 4.79. The molecular weight excluding hydrogens is 401 g/mol. The van der Waals surface area contributed by atoms with Crippen molar-refractivity contribution in [3.05, 3.63) is 69.5 Å². The van der Waals surface area contributed by atoms with Crippen molar-refractivity contribution in [3.8, 4) is 0 Å². The molecule has 0 bridgehead atoms. The maximum Gasteiger partial charge on any atom is 0.331 e. The molecule has 1 amide bonds. The summed E-state index contributed by atoms with van der Waals surface area (Å²) in [4.78, 5) is 24.1. The number of aryl methyl sites for hydroxylation is 2. The molecule has 0 spiro atoms. The van der Waals surface area contributed by atoms with Crippen molar-refractivity contribution >= 4 is 39.6 Å². The van der Waals surface area contributed by atoms with Gasteiger partial charge in [0.25, 0.3) is 5.91 Å². The standard InChI is InChI=1S/C20H19BrFNO3/c1-12-5-4-6-13(2)19(12)23-20(25)14(3)26-18(24)10-7-15-11-16(21)8-9-17(15)22/h4-11,14H,1-3H3,(H,23,25)/b10-7+.